The van der Waals surface area contributed by atoms with Crippen molar-refractivity contribution in [3.05, 3.63) is 90.0 Å². The van der Waals surface area contributed by atoms with E-state index in [1.807, 2.05) is 24.3 Å². The third-order valence-corrected chi connectivity index (χ3v) is 6.86. The number of nitrogens with zero attached hydrogens (tertiary/aromatic N) is 1. The van der Waals surface area contributed by atoms with Crippen LogP contribution in [0, 0.1) is 0 Å². The molecule has 1 N–H and O–H groups in total. The largest absolute Gasteiger partial charge is 0.573 e. The Morgan fingerprint density at radius 3 is 2.48 bits per heavy atom. The first-order chi connectivity index (χ1) is 15.7. The van der Waals surface area contributed by atoms with E-state index in [9.17, 15) is 21.6 Å². The highest BCUT2D eigenvalue weighted by Gasteiger charge is 2.31. The number of hydrogen-bond acceptors (Lipinski definition) is 4. The van der Waals surface area contributed by atoms with Gasteiger partial charge >= 0.3 is 6.36 Å². The SMILES string of the molecule is O=S(=O)(Nc1cccc([C@@H]2CCN(Cc3ccccc3)C2)c1)c1cccc(OC(F)(F)F)c1. The zero-order valence-electron chi connectivity index (χ0n) is 17.6. The number of hydrogen-bond donors (Lipinski definition) is 1. The molecule has 0 aromatic heterocycles. The maximum Gasteiger partial charge on any atom is 0.573 e. The van der Waals surface area contributed by atoms with E-state index in [0.29, 0.717) is 5.69 Å². The number of rotatable bonds is 7. The van der Waals surface area contributed by atoms with Crippen LogP contribution < -0.4 is 9.46 Å². The van der Waals surface area contributed by atoms with Crippen LogP contribution in [0.3, 0.4) is 0 Å². The molecule has 0 bridgehead atoms. The zero-order valence-corrected chi connectivity index (χ0v) is 18.4. The fraction of sp³-hybridized carbons (Fsp3) is 0.250. The molecule has 1 atom stereocenters. The van der Waals surface area contributed by atoms with Crippen LogP contribution in [0.15, 0.2) is 83.8 Å². The van der Waals surface area contributed by atoms with Gasteiger partial charge in [0.15, 0.2) is 0 Å². The van der Waals surface area contributed by atoms with Crippen molar-refractivity contribution in [2.45, 2.75) is 30.1 Å². The van der Waals surface area contributed by atoms with Crippen LogP contribution in [0.2, 0.25) is 0 Å². The van der Waals surface area contributed by atoms with E-state index in [-0.39, 0.29) is 10.8 Å². The molecule has 174 valence electrons. The van der Waals surface area contributed by atoms with E-state index in [0.717, 1.165) is 43.8 Å². The van der Waals surface area contributed by atoms with Gasteiger partial charge in [-0.25, -0.2) is 8.42 Å². The Morgan fingerprint density at radius 1 is 0.970 bits per heavy atom. The fourth-order valence-electron chi connectivity index (χ4n) is 4.00. The van der Waals surface area contributed by atoms with E-state index in [2.05, 4.69) is 26.5 Å². The highest BCUT2D eigenvalue weighted by molar-refractivity contribution is 7.92. The summed E-state index contributed by atoms with van der Waals surface area (Å²) in [7, 11) is -4.09. The molecule has 1 aliphatic rings. The van der Waals surface area contributed by atoms with E-state index in [1.165, 1.54) is 17.7 Å². The van der Waals surface area contributed by atoms with Crippen LogP contribution in [0.1, 0.15) is 23.5 Å². The highest BCUT2D eigenvalue weighted by atomic mass is 32.2. The summed E-state index contributed by atoms with van der Waals surface area (Å²) in [6.07, 6.45) is -3.94. The number of anilines is 1. The van der Waals surface area contributed by atoms with Crippen molar-refractivity contribution in [1.29, 1.82) is 0 Å². The second kappa shape index (κ2) is 9.44. The third kappa shape index (κ3) is 6.27. The molecule has 5 nitrogen and oxygen atoms in total. The summed E-state index contributed by atoms with van der Waals surface area (Å²) in [5.74, 6) is -0.328. The van der Waals surface area contributed by atoms with E-state index in [1.54, 1.807) is 18.2 Å². The molecular formula is C24H23F3N2O3S. The van der Waals surface area contributed by atoms with Crippen LogP contribution in [0.25, 0.3) is 0 Å². The van der Waals surface area contributed by atoms with Gasteiger partial charge < -0.3 is 4.74 Å². The van der Waals surface area contributed by atoms with Crippen molar-refractivity contribution >= 4 is 15.7 Å². The molecule has 33 heavy (non-hydrogen) atoms. The minimum Gasteiger partial charge on any atom is -0.406 e. The number of likely N-dealkylation sites (tertiary alicyclic amines) is 1. The molecule has 0 spiro atoms. The van der Waals surface area contributed by atoms with Gasteiger partial charge in [-0.15, -0.1) is 13.2 Å². The Morgan fingerprint density at radius 2 is 1.73 bits per heavy atom. The topological polar surface area (TPSA) is 58.6 Å². The van der Waals surface area contributed by atoms with Crippen molar-refractivity contribution in [3.8, 4) is 5.75 Å². The minimum absolute atomic E-state index is 0.265. The van der Waals surface area contributed by atoms with E-state index < -0.39 is 22.1 Å². The normalized spacial score (nSPS) is 17.1. The highest BCUT2D eigenvalue weighted by Crippen LogP contribution is 2.31. The number of halogens is 3. The summed E-state index contributed by atoms with van der Waals surface area (Å²) >= 11 is 0. The lowest BCUT2D eigenvalue weighted by Crippen LogP contribution is -2.19. The first-order valence-corrected chi connectivity index (χ1v) is 11.9. The average Bonchev–Trinajstić information content (AvgIpc) is 3.22. The van der Waals surface area contributed by atoms with Gasteiger partial charge in [-0.2, -0.15) is 0 Å². The van der Waals surface area contributed by atoms with Gasteiger partial charge in [0.25, 0.3) is 10.0 Å². The van der Waals surface area contributed by atoms with Crippen LogP contribution in [0.4, 0.5) is 18.9 Å². The molecule has 1 fully saturated rings. The molecule has 1 heterocycles. The first kappa shape index (κ1) is 23.1. The summed E-state index contributed by atoms with van der Waals surface area (Å²) in [5, 5.41) is 0. The van der Waals surface area contributed by atoms with Crippen molar-refractivity contribution in [2.75, 3.05) is 17.8 Å². The van der Waals surface area contributed by atoms with Crippen molar-refractivity contribution < 1.29 is 26.3 Å². The van der Waals surface area contributed by atoms with Gasteiger partial charge in [-0.1, -0.05) is 48.5 Å². The standard InChI is InChI=1S/C24H23F3N2O3S/c25-24(26,27)32-22-10-5-11-23(15-22)33(30,31)28-21-9-4-8-19(14-21)20-12-13-29(17-20)16-18-6-2-1-3-7-18/h1-11,14-15,20,28H,12-13,16-17H2/t20-/m1/s1. The molecule has 0 saturated carbocycles. The quantitative estimate of drug-likeness (QED) is 0.498. The smallest absolute Gasteiger partial charge is 0.406 e. The van der Waals surface area contributed by atoms with Gasteiger partial charge in [-0.3, -0.25) is 9.62 Å². The molecule has 3 aromatic rings. The van der Waals surface area contributed by atoms with Crippen LogP contribution in [0.5, 0.6) is 5.75 Å². The van der Waals surface area contributed by atoms with Crippen molar-refractivity contribution in [3.63, 3.8) is 0 Å². The third-order valence-electron chi connectivity index (χ3n) is 5.48. The van der Waals surface area contributed by atoms with Crippen LogP contribution in [-0.4, -0.2) is 32.8 Å². The Kier molecular flexibility index (Phi) is 6.62. The van der Waals surface area contributed by atoms with Gasteiger partial charge in [0.05, 0.1) is 4.90 Å². The average molecular weight is 477 g/mol. The minimum atomic E-state index is -4.90. The van der Waals surface area contributed by atoms with Crippen LogP contribution >= 0.6 is 0 Å². The predicted molar refractivity (Wildman–Crippen MR) is 119 cm³/mol. The summed E-state index contributed by atoms with van der Waals surface area (Å²) in [5.41, 5.74) is 2.62. The first-order valence-electron chi connectivity index (χ1n) is 10.4. The molecule has 0 radical (unpaired) electrons. The summed E-state index contributed by atoms with van der Waals surface area (Å²) in [6.45, 7) is 2.67. The lowest BCUT2D eigenvalue weighted by atomic mass is 9.98. The van der Waals surface area contributed by atoms with Gasteiger partial charge in [0.1, 0.15) is 5.75 Å². The van der Waals surface area contributed by atoms with Gasteiger partial charge in [-0.05, 0) is 54.3 Å². The Labute approximate surface area is 190 Å². The Balaban J connectivity index is 1.44. The van der Waals surface area contributed by atoms with E-state index >= 15 is 0 Å². The fourth-order valence-corrected chi connectivity index (χ4v) is 5.08. The van der Waals surface area contributed by atoms with Gasteiger partial charge in [0, 0.05) is 24.8 Å². The number of benzene rings is 3. The Hall–Kier alpha value is -3.04. The molecule has 0 aliphatic carbocycles. The molecule has 4 rings (SSSR count). The summed E-state index contributed by atoms with van der Waals surface area (Å²) < 4.78 is 69.2. The number of nitrogens with one attached hydrogen (secondary N) is 1. The second-order valence-corrected chi connectivity index (χ2v) is 9.64. The second-order valence-electron chi connectivity index (χ2n) is 7.96. The summed E-state index contributed by atoms with van der Waals surface area (Å²) in [4.78, 5) is 2.05. The molecular weight excluding hydrogens is 453 g/mol. The Bertz CT molecular complexity index is 1200. The molecule has 3 aromatic carbocycles. The van der Waals surface area contributed by atoms with Crippen molar-refractivity contribution in [2.24, 2.45) is 0 Å². The predicted octanol–water partition coefficient (Wildman–Crippen LogP) is 5.38. The molecule has 1 aliphatic heterocycles. The van der Waals surface area contributed by atoms with E-state index in [4.69, 9.17) is 0 Å². The summed E-state index contributed by atoms with van der Waals surface area (Å²) in [6, 6.07) is 21.7. The number of ether oxygens (including phenoxy) is 1. The molecule has 1 saturated heterocycles. The number of sulfonamides is 1. The van der Waals surface area contributed by atoms with Crippen LogP contribution in [-0.2, 0) is 16.6 Å². The lowest BCUT2D eigenvalue weighted by molar-refractivity contribution is -0.274. The lowest BCUT2D eigenvalue weighted by Gasteiger charge is -2.17. The number of alkyl halides is 3. The maximum atomic E-state index is 12.8. The molecule has 9 heteroatoms. The van der Waals surface area contributed by atoms with Crippen molar-refractivity contribution in [1.82, 2.24) is 4.90 Å². The monoisotopic (exact) mass is 476 g/mol. The molecule has 0 unspecified atom stereocenters. The van der Waals surface area contributed by atoms with Gasteiger partial charge in [0.2, 0.25) is 0 Å². The zero-order chi connectivity index (χ0) is 23.5. The molecule has 0 amide bonds. The maximum absolute atomic E-state index is 12.8.